The Morgan fingerprint density at radius 3 is 2.40 bits per heavy atom. The van der Waals surface area contributed by atoms with Gasteiger partial charge in [0.25, 0.3) is 5.91 Å². The van der Waals surface area contributed by atoms with Gasteiger partial charge in [0.15, 0.2) is 0 Å². The van der Waals surface area contributed by atoms with Crippen LogP contribution in [0.2, 0.25) is 0 Å². The number of rotatable bonds is 10. The third-order valence-electron chi connectivity index (χ3n) is 5.22. The van der Waals surface area contributed by atoms with Crippen molar-refractivity contribution < 1.29 is 19.0 Å². The van der Waals surface area contributed by atoms with E-state index in [9.17, 15) is 4.79 Å². The van der Waals surface area contributed by atoms with E-state index < -0.39 is 0 Å². The van der Waals surface area contributed by atoms with Crippen molar-refractivity contribution in [3.8, 4) is 11.5 Å². The van der Waals surface area contributed by atoms with Gasteiger partial charge in [-0.3, -0.25) is 4.79 Å². The zero-order valence-electron chi connectivity index (χ0n) is 17.4. The van der Waals surface area contributed by atoms with Crippen molar-refractivity contribution in [1.29, 1.82) is 0 Å². The van der Waals surface area contributed by atoms with E-state index in [1.165, 1.54) is 0 Å². The van der Waals surface area contributed by atoms with Gasteiger partial charge in [-0.2, -0.15) is 0 Å². The predicted octanol–water partition coefficient (Wildman–Crippen LogP) is 3.31. The Bertz CT molecular complexity index is 761. The van der Waals surface area contributed by atoms with Crippen LogP contribution in [-0.4, -0.2) is 52.5 Å². The monoisotopic (exact) mass is 434 g/mol. The molecule has 1 heterocycles. The first-order valence-electron chi connectivity index (χ1n) is 10.1. The van der Waals surface area contributed by atoms with Crippen molar-refractivity contribution in [3.05, 3.63) is 60.2 Å². The number of carbonyl (C=O) groups excluding carboxylic acids is 1. The van der Waals surface area contributed by atoms with E-state index in [2.05, 4.69) is 10.6 Å². The fourth-order valence-corrected chi connectivity index (χ4v) is 3.61. The Labute approximate surface area is 184 Å². The van der Waals surface area contributed by atoms with Crippen LogP contribution in [0.15, 0.2) is 54.6 Å². The van der Waals surface area contributed by atoms with Crippen LogP contribution in [0.3, 0.4) is 0 Å². The number of nitrogens with one attached hydrogen (secondary N) is 2. The summed E-state index contributed by atoms with van der Waals surface area (Å²) in [6, 6.07) is 16.9. The van der Waals surface area contributed by atoms with Gasteiger partial charge in [-0.25, -0.2) is 0 Å². The number of methoxy groups -OCH3 is 1. The smallest absolute Gasteiger partial charge is 0.255 e. The van der Waals surface area contributed by atoms with Crippen molar-refractivity contribution in [1.82, 2.24) is 10.6 Å². The number of piperidine rings is 1. The molecule has 1 aliphatic rings. The largest absolute Gasteiger partial charge is 0.490 e. The minimum atomic E-state index is -0.126. The minimum absolute atomic E-state index is 0. The molecule has 2 aromatic rings. The molecular weight excluding hydrogens is 404 g/mol. The molecule has 2 N–H and O–H groups in total. The van der Waals surface area contributed by atoms with E-state index in [4.69, 9.17) is 14.2 Å². The molecule has 0 aliphatic carbocycles. The lowest BCUT2D eigenvalue weighted by Gasteiger charge is -2.37. The lowest BCUT2D eigenvalue weighted by atomic mass is 9.79. The molecule has 0 aromatic heterocycles. The van der Waals surface area contributed by atoms with Crippen LogP contribution in [0.1, 0.15) is 23.2 Å². The van der Waals surface area contributed by atoms with E-state index >= 15 is 0 Å². The summed E-state index contributed by atoms with van der Waals surface area (Å²) in [6.45, 7) is 3.89. The zero-order chi connectivity index (χ0) is 20.4. The molecule has 0 bridgehead atoms. The third-order valence-corrected chi connectivity index (χ3v) is 5.22. The molecule has 0 atom stereocenters. The molecule has 1 saturated heterocycles. The second-order valence-electron chi connectivity index (χ2n) is 7.37. The number of hydrogen-bond acceptors (Lipinski definition) is 5. The van der Waals surface area contributed by atoms with Crippen molar-refractivity contribution in [2.75, 3.05) is 46.6 Å². The molecule has 1 fully saturated rings. The van der Waals surface area contributed by atoms with Gasteiger partial charge < -0.3 is 24.8 Å². The zero-order valence-corrected chi connectivity index (χ0v) is 18.2. The van der Waals surface area contributed by atoms with Crippen LogP contribution in [0.5, 0.6) is 11.5 Å². The van der Waals surface area contributed by atoms with Gasteiger partial charge in [-0.15, -0.1) is 12.4 Å². The van der Waals surface area contributed by atoms with Crippen LogP contribution in [0, 0.1) is 5.41 Å². The number of para-hydroxylation sites is 2. The summed E-state index contributed by atoms with van der Waals surface area (Å²) >= 11 is 0. The van der Waals surface area contributed by atoms with E-state index in [1.54, 1.807) is 13.2 Å². The maximum absolute atomic E-state index is 12.8. The van der Waals surface area contributed by atoms with Gasteiger partial charge in [-0.05, 0) is 50.2 Å². The summed E-state index contributed by atoms with van der Waals surface area (Å²) in [4.78, 5) is 12.8. The standard InChI is InChI=1S/C23H30N2O4.ClH/c1-27-18-23(11-13-24-14-12-23)17-25-22(26)20-9-5-6-10-21(20)29-16-15-28-19-7-3-2-4-8-19;/h2-10,24H,11-18H2,1H3,(H,25,26);1H. The molecule has 3 rings (SSSR count). The Hall–Kier alpha value is -2.28. The van der Waals surface area contributed by atoms with Gasteiger partial charge in [0.05, 0.1) is 12.2 Å². The molecule has 0 saturated carbocycles. The molecule has 7 heteroatoms. The number of benzene rings is 2. The van der Waals surface area contributed by atoms with E-state index in [-0.39, 0.29) is 23.7 Å². The van der Waals surface area contributed by atoms with Gasteiger partial charge >= 0.3 is 0 Å². The molecule has 6 nitrogen and oxygen atoms in total. The molecule has 2 aromatic carbocycles. The quantitative estimate of drug-likeness (QED) is 0.561. The minimum Gasteiger partial charge on any atom is -0.490 e. The first kappa shape index (κ1) is 24.0. The molecule has 30 heavy (non-hydrogen) atoms. The van der Waals surface area contributed by atoms with Crippen LogP contribution < -0.4 is 20.1 Å². The Balaban J connectivity index is 0.00000320. The SMILES string of the molecule is COCC1(CNC(=O)c2ccccc2OCCOc2ccccc2)CCNCC1.Cl. The second-order valence-corrected chi connectivity index (χ2v) is 7.37. The summed E-state index contributed by atoms with van der Waals surface area (Å²) < 4.78 is 16.9. The fourth-order valence-electron chi connectivity index (χ4n) is 3.61. The maximum Gasteiger partial charge on any atom is 0.255 e. The van der Waals surface area contributed by atoms with Crippen LogP contribution >= 0.6 is 12.4 Å². The summed E-state index contributed by atoms with van der Waals surface area (Å²) in [5, 5.41) is 6.46. The van der Waals surface area contributed by atoms with E-state index in [1.807, 2.05) is 48.5 Å². The summed E-state index contributed by atoms with van der Waals surface area (Å²) in [6.07, 6.45) is 1.96. The number of halogens is 1. The number of amides is 1. The third kappa shape index (κ3) is 6.90. The Morgan fingerprint density at radius 2 is 1.67 bits per heavy atom. The molecule has 0 unspecified atom stereocenters. The van der Waals surface area contributed by atoms with E-state index in [0.717, 1.165) is 31.7 Å². The molecule has 0 spiro atoms. The number of ether oxygens (including phenoxy) is 3. The molecule has 0 radical (unpaired) electrons. The highest BCUT2D eigenvalue weighted by molar-refractivity contribution is 5.96. The Morgan fingerprint density at radius 1 is 1.00 bits per heavy atom. The fraction of sp³-hybridized carbons (Fsp3) is 0.435. The molecule has 164 valence electrons. The highest BCUT2D eigenvalue weighted by Gasteiger charge is 2.32. The van der Waals surface area contributed by atoms with Gasteiger partial charge in [-0.1, -0.05) is 30.3 Å². The molecular formula is C23H31ClN2O4. The molecule has 1 aliphatic heterocycles. The number of carbonyl (C=O) groups is 1. The molecule has 1 amide bonds. The van der Waals surface area contributed by atoms with Gasteiger partial charge in [0, 0.05) is 19.1 Å². The van der Waals surface area contributed by atoms with Crippen LogP contribution in [0.4, 0.5) is 0 Å². The first-order chi connectivity index (χ1) is 14.2. The normalized spacial score (nSPS) is 15.0. The van der Waals surface area contributed by atoms with Gasteiger partial charge in [0.2, 0.25) is 0 Å². The predicted molar refractivity (Wildman–Crippen MR) is 120 cm³/mol. The average Bonchev–Trinajstić information content (AvgIpc) is 2.77. The second kappa shape index (κ2) is 12.4. The average molecular weight is 435 g/mol. The highest BCUT2D eigenvalue weighted by atomic mass is 35.5. The summed E-state index contributed by atoms with van der Waals surface area (Å²) in [7, 11) is 1.71. The van der Waals surface area contributed by atoms with Crippen molar-refractivity contribution in [2.24, 2.45) is 5.41 Å². The summed E-state index contributed by atoms with van der Waals surface area (Å²) in [5.74, 6) is 1.24. The van der Waals surface area contributed by atoms with Crippen LogP contribution in [0.25, 0.3) is 0 Å². The Kier molecular flexibility index (Phi) is 9.94. The van der Waals surface area contributed by atoms with Crippen molar-refractivity contribution in [3.63, 3.8) is 0 Å². The van der Waals surface area contributed by atoms with Gasteiger partial charge in [0.1, 0.15) is 24.7 Å². The van der Waals surface area contributed by atoms with Crippen LogP contribution in [-0.2, 0) is 4.74 Å². The van der Waals surface area contributed by atoms with Crippen molar-refractivity contribution >= 4 is 18.3 Å². The van der Waals surface area contributed by atoms with Crippen molar-refractivity contribution in [2.45, 2.75) is 12.8 Å². The highest BCUT2D eigenvalue weighted by Crippen LogP contribution is 2.28. The first-order valence-corrected chi connectivity index (χ1v) is 10.1. The lowest BCUT2D eigenvalue weighted by molar-refractivity contribution is 0.0511. The lowest BCUT2D eigenvalue weighted by Crippen LogP contribution is -2.47. The van der Waals surface area contributed by atoms with E-state index in [0.29, 0.717) is 37.7 Å². The topological polar surface area (TPSA) is 68.8 Å². The number of hydrogen-bond donors (Lipinski definition) is 2. The summed E-state index contributed by atoms with van der Waals surface area (Å²) in [5.41, 5.74) is 0.517. The maximum atomic E-state index is 12.8.